The molecule has 2 rings (SSSR count). The largest absolute Gasteiger partial charge is 0.494 e. The highest BCUT2D eigenvalue weighted by atomic mass is 35.5. The molecule has 1 aromatic carbocycles. The minimum absolute atomic E-state index is 0.0777. The van der Waals surface area contributed by atoms with Crippen molar-refractivity contribution in [2.75, 3.05) is 20.3 Å². The number of carboxylic acid groups (broad SMARTS) is 1. The number of nitrogens with one attached hydrogen (secondary N) is 1. The van der Waals surface area contributed by atoms with Gasteiger partial charge < -0.3 is 19.9 Å². The fourth-order valence-electron chi connectivity index (χ4n) is 2.06. The molecule has 1 aliphatic rings. The molecule has 1 aliphatic heterocycles. The average Bonchev–Trinajstić information content (AvgIpc) is 2.88. The van der Waals surface area contributed by atoms with Crippen molar-refractivity contribution in [1.82, 2.24) is 5.32 Å². The van der Waals surface area contributed by atoms with Gasteiger partial charge in [0.1, 0.15) is 0 Å². The van der Waals surface area contributed by atoms with Crippen molar-refractivity contribution >= 4 is 35.1 Å². The van der Waals surface area contributed by atoms with Gasteiger partial charge in [-0.15, -0.1) is 0 Å². The van der Waals surface area contributed by atoms with Crippen molar-refractivity contribution in [2.45, 2.75) is 12.0 Å². The van der Waals surface area contributed by atoms with Gasteiger partial charge in [0.05, 0.1) is 23.8 Å². The molecular weight excluding hydrogens is 321 g/mol. The van der Waals surface area contributed by atoms with Gasteiger partial charge in [0.15, 0.2) is 11.3 Å². The first-order chi connectivity index (χ1) is 9.89. The maximum absolute atomic E-state index is 12.2. The number of rotatable bonds is 4. The van der Waals surface area contributed by atoms with Crippen molar-refractivity contribution in [1.29, 1.82) is 0 Å². The van der Waals surface area contributed by atoms with E-state index in [1.807, 2.05) is 0 Å². The lowest BCUT2D eigenvalue weighted by atomic mass is 9.98. The summed E-state index contributed by atoms with van der Waals surface area (Å²) >= 11 is 11.9. The van der Waals surface area contributed by atoms with E-state index in [1.165, 1.54) is 19.2 Å². The lowest BCUT2D eigenvalue weighted by Crippen LogP contribution is -2.55. The van der Waals surface area contributed by atoms with Gasteiger partial charge in [0.2, 0.25) is 0 Å². The number of halogens is 2. The van der Waals surface area contributed by atoms with Crippen LogP contribution in [0, 0.1) is 0 Å². The number of hydrogen-bond donors (Lipinski definition) is 2. The van der Waals surface area contributed by atoms with Gasteiger partial charge in [-0.2, -0.15) is 0 Å². The molecule has 8 heteroatoms. The standard InChI is InChI=1S/C13H13Cl2NO5/c1-20-10-8(14)4-7(5-9(10)15)11(17)16-13(12(18)19)2-3-21-6-13/h4-5H,2-3,6H2,1H3,(H,16,17)(H,18,19). The molecular formula is C13H13Cl2NO5. The van der Waals surface area contributed by atoms with E-state index in [0.717, 1.165) is 0 Å². The Kier molecular flexibility index (Phi) is 4.61. The van der Waals surface area contributed by atoms with Crippen molar-refractivity contribution in [3.05, 3.63) is 27.7 Å². The number of carbonyl (C=O) groups is 2. The number of amides is 1. The molecule has 114 valence electrons. The molecule has 0 saturated carbocycles. The lowest BCUT2D eigenvalue weighted by molar-refractivity contribution is -0.144. The number of carboxylic acids is 1. The van der Waals surface area contributed by atoms with Crippen molar-refractivity contribution in [3.63, 3.8) is 0 Å². The second-order valence-corrected chi connectivity index (χ2v) is 5.43. The van der Waals surface area contributed by atoms with E-state index in [4.69, 9.17) is 32.7 Å². The maximum atomic E-state index is 12.2. The summed E-state index contributed by atoms with van der Waals surface area (Å²) in [5.41, 5.74) is -1.27. The first-order valence-corrected chi connectivity index (χ1v) is 6.82. The smallest absolute Gasteiger partial charge is 0.331 e. The topological polar surface area (TPSA) is 84.9 Å². The second-order valence-electron chi connectivity index (χ2n) is 4.62. The first kappa shape index (κ1) is 15.9. The van der Waals surface area contributed by atoms with Gasteiger partial charge in [0.25, 0.3) is 5.91 Å². The Morgan fingerprint density at radius 3 is 2.43 bits per heavy atom. The molecule has 1 heterocycles. The van der Waals surface area contributed by atoms with E-state index in [0.29, 0.717) is 0 Å². The van der Waals surface area contributed by atoms with E-state index < -0.39 is 17.4 Å². The van der Waals surface area contributed by atoms with Crippen LogP contribution in [0.3, 0.4) is 0 Å². The van der Waals surface area contributed by atoms with E-state index in [-0.39, 0.29) is 41.0 Å². The lowest BCUT2D eigenvalue weighted by Gasteiger charge is -2.23. The van der Waals surface area contributed by atoms with Crippen molar-refractivity contribution in [3.8, 4) is 5.75 Å². The minimum atomic E-state index is -1.42. The van der Waals surface area contributed by atoms with E-state index in [9.17, 15) is 14.7 Å². The summed E-state index contributed by atoms with van der Waals surface area (Å²) in [5, 5.41) is 12.1. The number of hydrogen-bond acceptors (Lipinski definition) is 4. The Balaban J connectivity index is 2.26. The quantitative estimate of drug-likeness (QED) is 0.879. The number of aliphatic carboxylic acids is 1. The molecule has 2 N–H and O–H groups in total. The van der Waals surface area contributed by atoms with Crippen LogP contribution >= 0.6 is 23.2 Å². The summed E-state index contributed by atoms with van der Waals surface area (Å²) in [5.74, 6) is -1.47. The zero-order chi connectivity index (χ0) is 15.6. The van der Waals surface area contributed by atoms with Gasteiger partial charge in [-0.25, -0.2) is 4.79 Å². The van der Waals surface area contributed by atoms with E-state index in [2.05, 4.69) is 5.32 Å². The van der Waals surface area contributed by atoms with Gasteiger partial charge in [0, 0.05) is 18.6 Å². The maximum Gasteiger partial charge on any atom is 0.331 e. The number of methoxy groups -OCH3 is 1. The molecule has 0 aromatic heterocycles. The highest BCUT2D eigenvalue weighted by Crippen LogP contribution is 2.34. The van der Waals surface area contributed by atoms with Crippen molar-refractivity contribution < 1.29 is 24.2 Å². The zero-order valence-corrected chi connectivity index (χ0v) is 12.6. The predicted molar refractivity (Wildman–Crippen MR) is 76.3 cm³/mol. The Labute approximate surface area is 130 Å². The molecule has 1 atom stereocenters. The highest BCUT2D eigenvalue weighted by molar-refractivity contribution is 6.37. The molecule has 1 amide bonds. The van der Waals surface area contributed by atoms with Crippen LogP contribution in [0.15, 0.2) is 12.1 Å². The summed E-state index contributed by atoms with van der Waals surface area (Å²) in [6.45, 7) is 0.197. The zero-order valence-electron chi connectivity index (χ0n) is 11.1. The molecule has 1 saturated heterocycles. The minimum Gasteiger partial charge on any atom is -0.494 e. The van der Waals surface area contributed by atoms with Crippen LogP contribution in [0.1, 0.15) is 16.8 Å². The molecule has 0 aliphatic carbocycles. The molecule has 1 unspecified atom stereocenters. The van der Waals surface area contributed by atoms with E-state index >= 15 is 0 Å². The van der Waals surface area contributed by atoms with Crippen LogP contribution in [0.25, 0.3) is 0 Å². The fourth-order valence-corrected chi connectivity index (χ4v) is 2.70. The van der Waals surface area contributed by atoms with Crippen LogP contribution in [-0.2, 0) is 9.53 Å². The van der Waals surface area contributed by atoms with Crippen LogP contribution < -0.4 is 10.1 Å². The van der Waals surface area contributed by atoms with Crippen LogP contribution in [-0.4, -0.2) is 42.8 Å². The summed E-state index contributed by atoms with van der Waals surface area (Å²) in [7, 11) is 1.40. The Morgan fingerprint density at radius 2 is 2.00 bits per heavy atom. The molecule has 1 aromatic rings. The molecule has 6 nitrogen and oxygen atoms in total. The third kappa shape index (κ3) is 3.07. The van der Waals surface area contributed by atoms with Gasteiger partial charge in [-0.3, -0.25) is 4.79 Å². The average molecular weight is 334 g/mol. The number of benzene rings is 1. The third-order valence-electron chi connectivity index (χ3n) is 3.25. The third-order valence-corrected chi connectivity index (χ3v) is 3.81. The predicted octanol–water partition coefficient (Wildman–Crippen LogP) is 1.98. The molecule has 0 bridgehead atoms. The second kappa shape index (κ2) is 6.09. The molecule has 1 fully saturated rings. The van der Waals surface area contributed by atoms with Crippen LogP contribution in [0.4, 0.5) is 0 Å². The van der Waals surface area contributed by atoms with Crippen LogP contribution in [0.2, 0.25) is 10.0 Å². The number of carbonyl (C=O) groups excluding carboxylic acids is 1. The Morgan fingerprint density at radius 1 is 1.38 bits per heavy atom. The van der Waals surface area contributed by atoms with Crippen molar-refractivity contribution in [2.24, 2.45) is 0 Å². The molecule has 0 radical (unpaired) electrons. The summed E-state index contributed by atoms with van der Waals surface area (Å²) in [4.78, 5) is 23.6. The SMILES string of the molecule is COc1c(Cl)cc(C(=O)NC2(C(=O)O)CCOC2)cc1Cl. The van der Waals surface area contributed by atoms with E-state index in [1.54, 1.807) is 0 Å². The molecule has 0 spiro atoms. The first-order valence-electron chi connectivity index (χ1n) is 6.06. The van der Waals surface area contributed by atoms with Crippen LogP contribution in [0.5, 0.6) is 5.75 Å². The van der Waals surface area contributed by atoms with Gasteiger partial charge in [-0.1, -0.05) is 23.2 Å². The highest BCUT2D eigenvalue weighted by Gasteiger charge is 2.44. The monoisotopic (exact) mass is 333 g/mol. The summed E-state index contributed by atoms with van der Waals surface area (Å²) in [6.07, 6.45) is 0.200. The molecule has 21 heavy (non-hydrogen) atoms. The summed E-state index contributed by atoms with van der Waals surface area (Å²) < 4.78 is 10.1. The fraction of sp³-hybridized carbons (Fsp3) is 0.385. The normalized spacial score (nSPS) is 21.1. The van der Waals surface area contributed by atoms with Gasteiger partial charge in [-0.05, 0) is 12.1 Å². The van der Waals surface area contributed by atoms with Gasteiger partial charge >= 0.3 is 5.97 Å². The number of ether oxygens (including phenoxy) is 2. The Bertz CT molecular complexity index is 561. The Hall–Kier alpha value is -1.50. The summed E-state index contributed by atoms with van der Waals surface area (Å²) in [6, 6.07) is 2.74.